The van der Waals surface area contributed by atoms with Crippen molar-refractivity contribution >= 4 is 17.7 Å². The van der Waals surface area contributed by atoms with Crippen molar-refractivity contribution in [3.05, 3.63) is 12.4 Å². The standard InChI is InChI=1S/C16H29N3OS/c1-4-5-10-17-14(20)9-7-6-8-13-15-16(3,11-21-13)19-12(2)18-15/h13,15,18-19H,2,4-11H2,1,3H3,(H,17,20)/t13?,15-,16+/m0/s1. The lowest BCUT2D eigenvalue weighted by molar-refractivity contribution is -0.121. The highest BCUT2D eigenvalue weighted by Crippen LogP contribution is 2.40. The Morgan fingerprint density at radius 2 is 2.29 bits per heavy atom. The number of carbonyl (C=O) groups excluding carboxylic acids is 1. The van der Waals surface area contributed by atoms with Crippen LogP contribution in [0.1, 0.15) is 52.4 Å². The maximum absolute atomic E-state index is 11.6. The topological polar surface area (TPSA) is 53.2 Å². The van der Waals surface area contributed by atoms with Crippen molar-refractivity contribution in [2.75, 3.05) is 12.3 Å². The predicted octanol–water partition coefficient (Wildman–Crippen LogP) is 2.37. The summed E-state index contributed by atoms with van der Waals surface area (Å²) in [6.07, 6.45) is 6.17. The maximum Gasteiger partial charge on any atom is 0.219 e. The van der Waals surface area contributed by atoms with E-state index in [0.717, 1.165) is 43.8 Å². The number of rotatable bonds is 8. The lowest BCUT2D eigenvalue weighted by atomic mass is 9.92. The SMILES string of the molecule is C=C1N[C@H]2C(CCCCC(=O)NCCCC)SC[C@@]2(C)N1. The first-order valence-corrected chi connectivity index (χ1v) is 9.22. The zero-order chi connectivity index (χ0) is 15.3. The number of amides is 1. The molecule has 120 valence electrons. The highest BCUT2D eigenvalue weighted by atomic mass is 32.2. The monoisotopic (exact) mass is 311 g/mol. The van der Waals surface area contributed by atoms with Crippen LogP contribution < -0.4 is 16.0 Å². The Kier molecular flexibility index (Phi) is 5.85. The van der Waals surface area contributed by atoms with Crippen LogP contribution in [-0.2, 0) is 4.79 Å². The summed E-state index contributed by atoms with van der Waals surface area (Å²) < 4.78 is 0. The van der Waals surface area contributed by atoms with Gasteiger partial charge in [0.25, 0.3) is 0 Å². The van der Waals surface area contributed by atoms with Crippen molar-refractivity contribution in [2.45, 2.75) is 69.2 Å². The summed E-state index contributed by atoms with van der Waals surface area (Å²) in [5.41, 5.74) is 0.157. The Morgan fingerprint density at radius 3 is 3.05 bits per heavy atom. The fraction of sp³-hybridized carbons (Fsp3) is 0.812. The van der Waals surface area contributed by atoms with Crippen molar-refractivity contribution in [2.24, 2.45) is 0 Å². The van der Waals surface area contributed by atoms with Gasteiger partial charge in [0.2, 0.25) is 5.91 Å². The van der Waals surface area contributed by atoms with Gasteiger partial charge in [-0.2, -0.15) is 11.8 Å². The van der Waals surface area contributed by atoms with E-state index in [1.54, 1.807) is 0 Å². The third-order valence-electron chi connectivity index (χ3n) is 4.42. The molecule has 1 amide bonds. The number of carbonyl (C=O) groups is 1. The highest BCUT2D eigenvalue weighted by Gasteiger charge is 2.49. The van der Waals surface area contributed by atoms with Crippen molar-refractivity contribution in [3.63, 3.8) is 0 Å². The highest BCUT2D eigenvalue weighted by molar-refractivity contribution is 8.00. The fourth-order valence-electron chi connectivity index (χ4n) is 3.19. The first kappa shape index (κ1) is 16.5. The minimum absolute atomic E-state index is 0.157. The van der Waals surface area contributed by atoms with E-state index in [2.05, 4.69) is 36.4 Å². The Balaban J connectivity index is 1.61. The Labute approximate surface area is 132 Å². The second-order valence-corrected chi connectivity index (χ2v) is 7.67. The molecule has 0 aromatic rings. The van der Waals surface area contributed by atoms with Gasteiger partial charge in [0, 0.05) is 24.0 Å². The van der Waals surface area contributed by atoms with Crippen LogP contribution in [0.2, 0.25) is 0 Å². The molecule has 3 atom stereocenters. The number of hydrogen-bond acceptors (Lipinski definition) is 4. The number of fused-ring (bicyclic) bond motifs is 1. The van der Waals surface area contributed by atoms with E-state index in [1.165, 1.54) is 6.42 Å². The van der Waals surface area contributed by atoms with Crippen molar-refractivity contribution in [3.8, 4) is 0 Å². The molecule has 2 heterocycles. The Bertz CT molecular complexity index is 388. The van der Waals surface area contributed by atoms with Gasteiger partial charge < -0.3 is 16.0 Å². The van der Waals surface area contributed by atoms with E-state index >= 15 is 0 Å². The molecule has 2 rings (SSSR count). The van der Waals surface area contributed by atoms with Crippen LogP contribution in [0.15, 0.2) is 12.4 Å². The molecule has 0 radical (unpaired) electrons. The van der Waals surface area contributed by atoms with Gasteiger partial charge in [-0.3, -0.25) is 4.79 Å². The van der Waals surface area contributed by atoms with Gasteiger partial charge in [0.15, 0.2) is 0 Å². The Morgan fingerprint density at radius 1 is 1.48 bits per heavy atom. The lowest BCUT2D eigenvalue weighted by Gasteiger charge is -2.24. The molecule has 3 N–H and O–H groups in total. The summed E-state index contributed by atoms with van der Waals surface area (Å²) in [4.78, 5) is 11.6. The average molecular weight is 311 g/mol. The van der Waals surface area contributed by atoms with E-state index < -0.39 is 0 Å². The smallest absolute Gasteiger partial charge is 0.219 e. The second kappa shape index (κ2) is 7.43. The molecule has 1 unspecified atom stereocenters. The van der Waals surface area contributed by atoms with Crippen molar-refractivity contribution in [1.29, 1.82) is 0 Å². The van der Waals surface area contributed by atoms with Gasteiger partial charge in [-0.25, -0.2) is 0 Å². The minimum Gasteiger partial charge on any atom is -0.366 e. The molecule has 5 heteroatoms. The molecule has 0 saturated carbocycles. The lowest BCUT2D eigenvalue weighted by Crippen LogP contribution is -2.47. The molecule has 0 bridgehead atoms. The van der Waals surface area contributed by atoms with Gasteiger partial charge >= 0.3 is 0 Å². The van der Waals surface area contributed by atoms with Gasteiger partial charge in [0.1, 0.15) is 0 Å². The van der Waals surface area contributed by atoms with E-state index in [4.69, 9.17) is 0 Å². The van der Waals surface area contributed by atoms with Crippen molar-refractivity contribution < 1.29 is 4.79 Å². The summed E-state index contributed by atoms with van der Waals surface area (Å²) >= 11 is 2.04. The van der Waals surface area contributed by atoms with Crippen LogP contribution in [0, 0.1) is 0 Å². The van der Waals surface area contributed by atoms with Crippen molar-refractivity contribution in [1.82, 2.24) is 16.0 Å². The minimum atomic E-state index is 0.157. The number of thioether (sulfide) groups is 1. The van der Waals surface area contributed by atoms with Crippen LogP contribution in [0.4, 0.5) is 0 Å². The molecular weight excluding hydrogens is 282 g/mol. The number of unbranched alkanes of at least 4 members (excludes halogenated alkanes) is 2. The average Bonchev–Trinajstić information content (AvgIpc) is 2.88. The summed E-state index contributed by atoms with van der Waals surface area (Å²) in [7, 11) is 0. The summed E-state index contributed by atoms with van der Waals surface area (Å²) in [5.74, 6) is 2.30. The van der Waals surface area contributed by atoms with E-state index in [-0.39, 0.29) is 11.4 Å². The fourth-order valence-corrected chi connectivity index (χ4v) is 4.89. The normalized spacial score (nSPS) is 30.7. The molecule has 0 aliphatic carbocycles. The molecule has 2 aliphatic rings. The number of nitrogens with one attached hydrogen (secondary N) is 3. The first-order valence-electron chi connectivity index (χ1n) is 8.17. The van der Waals surface area contributed by atoms with Crippen LogP contribution in [0.25, 0.3) is 0 Å². The van der Waals surface area contributed by atoms with Crippen LogP contribution in [0.5, 0.6) is 0 Å². The third kappa shape index (κ3) is 4.31. The molecular formula is C16H29N3OS. The van der Waals surface area contributed by atoms with Crippen LogP contribution in [0.3, 0.4) is 0 Å². The Hall–Kier alpha value is -0.840. The van der Waals surface area contributed by atoms with Gasteiger partial charge in [-0.1, -0.05) is 26.3 Å². The molecule has 0 aromatic heterocycles. The van der Waals surface area contributed by atoms with Gasteiger partial charge in [-0.05, 0) is 26.2 Å². The molecule has 4 nitrogen and oxygen atoms in total. The third-order valence-corrected chi connectivity index (χ3v) is 6.12. The van der Waals surface area contributed by atoms with Gasteiger partial charge in [0.05, 0.1) is 17.4 Å². The summed E-state index contributed by atoms with van der Waals surface area (Å²) in [6, 6.07) is 0.480. The first-order chi connectivity index (χ1) is 10.0. The van der Waals surface area contributed by atoms with E-state index in [0.29, 0.717) is 17.7 Å². The quantitative estimate of drug-likeness (QED) is 0.602. The zero-order valence-electron chi connectivity index (χ0n) is 13.3. The molecule has 2 aliphatic heterocycles. The molecule has 2 fully saturated rings. The summed E-state index contributed by atoms with van der Waals surface area (Å²) in [5, 5.41) is 10.6. The zero-order valence-corrected chi connectivity index (χ0v) is 14.2. The second-order valence-electron chi connectivity index (χ2n) is 6.44. The molecule has 21 heavy (non-hydrogen) atoms. The van der Waals surface area contributed by atoms with Gasteiger partial charge in [-0.15, -0.1) is 0 Å². The molecule has 0 spiro atoms. The molecule has 2 saturated heterocycles. The summed E-state index contributed by atoms with van der Waals surface area (Å²) in [6.45, 7) is 9.23. The maximum atomic E-state index is 11.6. The predicted molar refractivity (Wildman–Crippen MR) is 90.2 cm³/mol. The van der Waals surface area contributed by atoms with E-state index in [9.17, 15) is 4.79 Å². The largest absolute Gasteiger partial charge is 0.366 e. The molecule has 0 aromatic carbocycles. The van der Waals surface area contributed by atoms with E-state index in [1.807, 2.05) is 11.8 Å². The van der Waals surface area contributed by atoms with Crippen LogP contribution in [-0.4, -0.2) is 35.0 Å². The number of hydrogen-bond donors (Lipinski definition) is 3. The van der Waals surface area contributed by atoms with Crippen LogP contribution >= 0.6 is 11.8 Å².